The third-order valence-corrected chi connectivity index (χ3v) is 2.86. The highest BCUT2D eigenvalue weighted by molar-refractivity contribution is 5.90. The Balaban J connectivity index is 2.06. The smallest absolute Gasteiger partial charge is 0.221 e. The fourth-order valence-electron chi connectivity index (χ4n) is 1.89. The summed E-state index contributed by atoms with van der Waals surface area (Å²) in [4.78, 5) is 11.1. The van der Waals surface area contributed by atoms with Gasteiger partial charge in [-0.05, 0) is 18.2 Å². The quantitative estimate of drug-likeness (QED) is 0.889. The first-order valence-corrected chi connectivity index (χ1v) is 6.50. The van der Waals surface area contributed by atoms with Crippen LogP contribution in [0.15, 0.2) is 48.5 Å². The van der Waals surface area contributed by atoms with Gasteiger partial charge in [0.2, 0.25) is 5.91 Å². The number of nitrogens with one attached hydrogen (secondary N) is 1. The highest BCUT2D eigenvalue weighted by atomic mass is 19.1. The van der Waals surface area contributed by atoms with Crippen molar-refractivity contribution in [1.82, 2.24) is 0 Å². The molecule has 2 aromatic rings. The van der Waals surface area contributed by atoms with E-state index in [0.717, 1.165) is 0 Å². The van der Waals surface area contributed by atoms with Crippen molar-refractivity contribution in [3.63, 3.8) is 0 Å². The zero-order valence-electron chi connectivity index (χ0n) is 11.5. The van der Waals surface area contributed by atoms with Crippen molar-refractivity contribution in [3.05, 3.63) is 59.9 Å². The molecule has 2 aromatic carbocycles. The third-order valence-electron chi connectivity index (χ3n) is 2.86. The molecule has 0 heterocycles. The largest absolute Gasteiger partial charge is 0.488 e. The second-order valence-electron chi connectivity index (χ2n) is 4.53. The number of hydrogen-bond donors (Lipinski definition) is 2. The molecule has 0 spiro atoms. The van der Waals surface area contributed by atoms with Crippen molar-refractivity contribution in [2.75, 3.05) is 11.9 Å². The normalized spacial score (nSPS) is 11.8. The Bertz CT molecular complexity index is 630. The zero-order chi connectivity index (χ0) is 15.2. The second kappa shape index (κ2) is 6.85. The predicted molar refractivity (Wildman–Crippen MR) is 77.6 cm³/mol. The molecule has 1 unspecified atom stereocenters. The van der Waals surface area contributed by atoms with Crippen molar-refractivity contribution in [3.8, 4) is 5.75 Å². The molecule has 0 saturated carbocycles. The minimum absolute atomic E-state index is 0.114. The Kier molecular flexibility index (Phi) is 4.90. The van der Waals surface area contributed by atoms with Crippen molar-refractivity contribution >= 4 is 11.6 Å². The van der Waals surface area contributed by atoms with Gasteiger partial charge >= 0.3 is 0 Å². The van der Waals surface area contributed by atoms with Gasteiger partial charge in [0.15, 0.2) is 0 Å². The molecule has 1 atom stereocenters. The SMILES string of the molecule is CC(=O)Nc1ccccc1OCC(O)c1ccccc1F. The fraction of sp³-hybridized carbons (Fsp3) is 0.188. The van der Waals surface area contributed by atoms with Gasteiger partial charge in [-0.15, -0.1) is 0 Å². The van der Waals surface area contributed by atoms with Crippen LogP contribution in [-0.4, -0.2) is 17.6 Å². The number of benzene rings is 2. The van der Waals surface area contributed by atoms with Crippen molar-refractivity contribution in [1.29, 1.82) is 0 Å². The molecule has 4 nitrogen and oxygen atoms in total. The molecule has 21 heavy (non-hydrogen) atoms. The van der Waals surface area contributed by atoms with Gasteiger partial charge in [0, 0.05) is 12.5 Å². The van der Waals surface area contributed by atoms with Gasteiger partial charge in [0.1, 0.15) is 24.3 Å². The summed E-state index contributed by atoms with van der Waals surface area (Å²) >= 11 is 0. The number of anilines is 1. The second-order valence-corrected chi connectivity index (χ2v) is 4.53. The predicted octanol–water partition coefficient (Wildman–Crippen LogP) is 2.90. The lowest BCUT2D eigenvalue weighted by atomic mass is 10.1. The van der Waals surface area contributed by atoms with Gasteiger partial charge in [-0.2, -0.15) is 0 Å². The summed E-state index contributed by atoms with van der Waals surface area (Å²) < 4.78 is 19.0. The number of amides is 1. The standard InChI is InChI=1S/C16H16FNO3/c1-11(19)18-14-8-4-5-9-16(14)21-10-15(20)12-6-2-3-7-13(12)17/h2-9,15,20H,10H2,1H3,(H,18,19). The fourth-order valence-corrected chi connectivity index (χ4v) is 1.89. The summed E-state index contributed by atoms with van der Waals surface area (Å²) in [5.41, 5.74) is 0.681. The maximum absolute atomic E-state index is 13.5. The van der Waals surface area contributed by atoms with Crippen LogP contribution in [0.1, 0.15) is 18.6 Å². The molecule has 110 valence electrons. The number of carbonyl (C=O) groups excluding carboxylic acids is 1. The van der Waals surface area contributed by atoms with Gasteiger partial charge in [-0.1, -0.05) is 30.3 Å². The lowest BCUT2D eigenvalue weighted by Gasteiger charge is -2.15. The molecule has 0 aliphatic carbocycles. The lowest BCUT2D eigenvalue weighted by Crippen LogP contribution is -2.13. The highest BCUT2D eigenvalue weighted by Gasteiger charge is 2.14. The van der Waals surface area contributed by atoms with Crippen LogP contribution in [0.2, 0.25) is 0 Å². The number of para-hydroxylation sites is 2. The minimum Gasteiger partial charge on any atom is -0.488 e. The number of aliphatic hydroxyl groups excluding tert-OH is 1. The Morgan fingerprint density at radius 2 is 1.90 bits per heavy atom. The van der Waals surface area contributed by atoms with E-state index >= 15 is 0 Å². The topological polar surface area (TPSA) is 58.6 Å². The van der Waals surface area contributed by atoms with Gasteiger partial charge in [-0.25, -0.2) is 4.39 Å². The highest BCUT2D eigenvalue weighted by Crippen LogP contribution is 2.25. The van der Waals surface area contributed by atoms with E-state index in [1.165, 1.54) is 19.1 Å². The zero-order valence-corrected chi connectivity index (χ0v) is 11.5. The Morgan fingerprint density at radius 3 is 2.62 bits per heavy atom. The third kappa shape index (κ3) is 4.03. The molecule has 0 aromatic heterocycles. The Hall–Kier alpha value is -2.40. The van der Waals surface area contributed by atoms with Gasteiger partial charge < -0.3 is 15.2 Å². The summed E-state index contributed by atoms with van der Waals surface area (Å²) in [6.45, 7) is 1.28. The molecule has 0 radical (unpaired) electrons. The van der Waals surface area contributed by atoms with E-state index in [9.17, 15) is 14.3 Å². The van der Waals surface area contributed by atoms with E-state index in [0.29, 0.717) is 11.4 Å². The van der Waals surface area contributed by atoms with E-state index in [2.05, 4.69) is 5.32 Å². The van der Waals surface area contributed by atoms with E-state index in [1.807, 2.05) is 0 Å². The summed E-state index contributed by atoms with van der Waals surface area (Å²) in [5, 5.41) is 12.6. The molecule has 0 bridgehead atoms. The van der Waals surface area contributed by atoms with Crippen molar-refractivity contribution < 1.29 is 19.0 Å². The molecule has 2 N–H and O–H groups in total. The number of ether oxygens (including phenoxy) is 1. The van der Waals surface area contributed by atoms with Crippen LogP contribution in [0.3, 0.4) is 0 Å². The molecule has 0 saturated heterocycles. The van der Waals surface area contributed by atoms with Crippen LogP contribution in [0.4, 0.5) is 10.1 Å². The van der Waals surface area contributed by atoms with Crippen molar-refractivity contribution in [2.45, 2.75) is 13.0 Å². The Labute approximate surface area is 122 Å². The monoisotopic (exact) mass is 289 g/mol. The van der Waals surface area contributed by atoms with E-state index in [-0.39, 0.29) is 18.1 Å². The van der Waals surface area contributed by atoms with Crippen LogP contribution in [0, 0.1) is 5.82 Å². The first-order chi connectivity index (χ1) is 10.1. The van der Waals surface area contributed by atoms with Crippen molar-refractivity contribution in [2.24, 2.45) is 0 Å². The molecule has 0 aliphatic heterocycles. The van der Waals surface area contributed by atoms with Gasteiger partial charge in [0.05, 0.1) is 5.69 Å². The summed E-state index contributed by atoms with van der Waals surface area (Å²) in [7, 11) is 0. The van der Waals surface area contributed by atoms with Crippen LogP contribution in [-0.2, 0) is 4.79 Å². The summed E-state index contributed by atoms with van der Waals surface area (Å²) in [6.07, 6.45) is -1.09. The average molecular weight is 289 g/mol. The maximum Gasteiger partial charge on any atom is 0.221 e. The van der Waals surface area contributed by atoms with Crippen LogP contribution in [0.25, 0.3) is 0 Å². The number of carbonyl (C=O) groups is 1. The number of aliphatic hydroxyl groups is 1. The summed E-state index contributed by atoms with van der Waals surface area (Å²) in [6, 6.07) is 12.8. The molecular formula is C16H16FNO3. The molecule has 0 fully saturated rings. The molecule has 0 aliphatic rings. The number of hydrogen-bond acceptors (Lipinski definition) is 3. The molecular weight excluding hydrogens is 273 g/mol. The average Bonchev–Trinajstić information content (AvgIpc) is 2.46. The minimum atomic E-state index is -1.09. The van der Waals surface area contributed by atoms with Gasteiger partial charge in [-0.3, -0.25) is 4.79 Å². The maximum atomic E-state index is 13.5. The molecule has 2 rings (SSSR count). The summed E-state index contributed by atoms with van der Waals surface area (Å²) in [5.74, 6) is -0.285. The van der Waals surface area contributed by atoms with Crippen LogP contribution >= 0.6 is 0 Å². The van der Waals surface area contributed by atoms with E-state index in [4.69, 9.17) is 4.74 Å². The first kappa shape index (κ1) is 15.0. The molecule has 1 amide bonds. The Morgan fingerprint density at radius 1 is 1.24 bits per heavy atom. The number of halogens is 1. The first-order valence-electron chi connectivity index (χ1n) is 6.50. The number of rotatable bonds is 5. The molecule has 5 heteroatoms. The van der Waals surface area contributed by atoms with E-state index in [1.54, 1.807) is 36.4 Å². The van der Waals surface area contributed by atoms with Crippen LogP contribution < -0.4 is 10.1 Å². The van der Waals surface area contributed by atoms with E-state index < -0.39 is 11.9 Å². The lowest BCUT2D eigenvalue weighted by molar-refractivity contribution is -0.114. The van der Waals surface area contributed by atoms with Gasteiger partial charge in [0.25, 0.3) is 0 Å². The van der Waals surface area contributed by atoms with Crippen LogP contribution in [0.5, 0.6) is 5.75 Å².